The average Bonchev–Trinajstić information content (AvgIpc) is 2.56. The molecule has 1 aliphatic rings. The third-order valence-electron chi connectivity index (χ3n) is 2.93. The Bertz CT molecular complexity index is 338. The minimum atomic E-state index is 0.242. The van der Waals surface area contributed by atoms with E-state index in [9.17, 15) is 0 Å². The van der Waals surface area contributed by atoms with Crippen LogP contribution in [0.5, 0.6) is 0 Å². The Morgan fingerprint density at radius 2 is 2.00 bits per heavy atom. The molecule has 1 aliphatic carbocycles. The van der Waals surface area contributed by atoms with Gasteiger partial charge in [-0.15, -0.1) is 0 Å². The lowest BCUT2D eigenvalue weighted by Gasteiger charge is -2.17. The second-order valence-electron chi connectivity index (χ2n) is 3.87. The Labute approximate surface area is 94.2 Å². The second kappa shape index (κ2) is 4.09. The lowest BCUT2D eigenvalue weighted by molar-refractivity contribution is 0.613. The molecule has 2 rings (SSSR count). The molecule has 1 aromatic carbocycles. The molecule has 0 unspecified atom stereocenters. The summed E-state index contributed by atoms with van der Waals surface area (Å²) in [6.07, 6.45) is 3.41. The van der Waals surface area contributed by atoms with Gasteiger partial charge in [0.05, 0.1) is 0 Å². The summed E-state index contributed by atoms with van der Waals surface area (Å²) in [5, 5.41) is 1.53. The van der Waals surface area contributed by atoms with E-state index >= 15 is 0 Å². The number of nitrogens with two attached hydrogens (primary N) is 1. The first-order valence-corrected chi connectivity index (χ1v) is 5.64. The van der Waals surface area contributed by atoms with Gasteiger partial charge in [-0.05, 0) is 36.6 Å². The number of halogens is 2. The van der Waals surface area contributed by atoms with Gasteiger partial charge < -0.3 is 5.73 Å². The first kappa shape index (κ1) is 10.3. The SMILES string of the molecule is N[C@@H]1CCC[C@@H]1c1cc(Cl)ccc1Cl. The molecule has 0 spiro atoms. The molecule has 1 aromatic rings. The van der Waals surface area contributed by atoms with Crippen molar-refractivity contribution < 1.29 is 0 Å². The average molecular weight is 230 g/mol. The van der Waals surface area contributed by atoms with Crippen LogP contribution in [0, 0.1) is 0 Å². The highest BCUT2D eigenvalue weighted by molar-refractivity contribution is 6.33. The van der Waals surface area contributed by atoms with E-state index in [2.05, 4.69) is 0 Å². The van der Waals surface area contributed by atoms with E-state index in [1.165, 1.54) is 6.42 Å². The zero-order chi connectivity index (χ0) is 10.1. The van der Waals surface area contributed by atoms with Crippen molar-refractivity contribution in [2.45, 2.75) is 31.2 Å². The first-order valence-electron chi connectivity index (χ1n) is 4.89. The lowest BCUT2D eigenvalue weighted by Crippen LogP contribution is -2.22. The van der Waals surface area contributed by atoms with Crippen LogP contribution >= 0.6 is 23.2 Å². The van der Waals surface area contributed by atoms with Crippen LogP contribution in [0.15, 0.2) is 18.2 Å². The van der Waals surface area contributed by atoms with Gasteiger partial charge in [0.2, 0.25) is 0 Å². The summed E-state index contributed by atoms with van der Waals surface area (Å²) in [6.45, 7) is 0. The lowest BCUT2D eigenvalue weighted by atomic mass is 9.94. The molecular weight excluding hydrogens is 217 g/mol. The van der Waals surface area contributed by atoms with Crippen molar-refractivity contribution in [1.82, 2.24) is 0 Å². The van der Waals surface area contributed by atoms with Gasteiger partial charge in [-0.2, -0.15) is 0 Å². The van der Waals surface area contributed by atoms with Crippen LogP contribution in [0.2, 0.25) is 10.0 Å². The summed E-state index contributed by atoms with van der Waals surface area (Å²) in [5.74, 6) is 0.390. The zero-order valence-electron chi connectivity index (χ0n) is 7.84. The minimum absolute atomic E-state index is 0.242. The maximum absolute atomic E-state index is 6.13. The molecule has 1 saturated carbocycles. The molecule has 0 heterocycles. The number of hydrogen-bond acceptors (Lipinski definition) is 1. The summed E-state index contributed by atoms with van der Waals surface area (Å²) in [7, 11) is 0. The highest BCUT2D eigenvalue weighted by Crippen LogP contribution is 2.37. The van der Waals surface area contributed by atoms with Crippen LogP contribution in [-0.2, 0) is 0 Å². The zero-order valence-corrected chi connectivity index (χ0v) is 9.35. The topological polar surface area (TPSA) is 26.0 Å². The van der Waals surface area contributed by atoms with Crippen LogP contribution in [0.1, 0.15) is 30.7 Å². The predicted octanol–water partition coefficient (Wildman–Crippen LogP) is 3.59. The van der Waals surface area contributed by atoms with Crippen molar-refractivity contribution in [3.63, 3.8) is 0 Å². The molecule has 0 aromatic heterocycles. The van der Waals surface area contributed by atoms with E-state index in [1.54, 1.807) is 0 Å². The van der Waals surface area contributed by atoms with Gasteiger partial charge in [-0.1, -0.05) is 29.6 Å². The normalized spacial score (nSPS) is 26.8. The van der Waals surface area contributed by atoms with E-state index in [0.29, 0.717) is 5.92 Å². The van der Waals surface area contributed by atoms with Crippen LogP contribution in [0.25, 0.3) is 0 Å². The fourth-order valence-electron chi connectivity index (χ4n) is 2.17. The van der Waals surface area contributed by atoms with Gasteiger partial charge >= 0.3 is 0 Å². The van der Waals surface area contributed by atoms with Crippen molar-refractivity contribution in [3.05, 3.63) is 33.8 Å². The standard InChI is InChI=1S/C11H13Cl2N/c12-7-4-5-10(13)9(6-7)8-2-1-3-11(8)14/h4-6,8,11H,1-3,14H2/t8-,11-/m1/s1. The molecule has 14 heavy (non-hydrogen) atoms. The third kappa shape index (κ3) is 1.90. The number of rotatable bonds is 1. The maximum Gasteiger partial charge on any atom is 0.0442 e. The van der Waals surface area contributed by atoms with E-state index in [4.69, 9.17) is 28.9 Å². The Morgan fingerprint density at radius 3 is 2.64 bits per heavy atom. The number of benzene rings is 1. The summed E-state index contributed by atoms with van der Waals surface area (Å²) in [4.78, 5) is 0. The molecule has 0 saturated heterocycles. The molecule has 2 N–H and O–H groups in total. The summed E-state index contributed by atoms with van der Waals surface area (Å²) < 4.78 is 0. The molecule has 0 bridgehead atoms. The Balaban J connectivity index is 2.34. The Kier molecular flexibility index (Phi) is 3.01. The Morgan fingerprint density at radius 1 is 1.21 bits per heavy atom. The van der Waals surface area contributed by atoms with E-state index in [1.807, 2.05) is 18.2 Å². The summed E-state index contributed by atoms with van der Waals surface area (Å²) in [5.41, 5.74) is 7.14. The predicted molar refractivity (Wildman–Crippen MR) is 61.0 cm³/mol. The molecule has 1 nitrogen and oxygen atoms in total. The number of hydrogen-bond donors (Lipinski definition) is 1. The van der Waals surface area contributed by atoms with Crippen LogP contribution in [-0.4, -0.2) is 6.04 Å². The summed E-state index contributed by atoms with van der Waals surface area (Å²) >= 11 is 12.1. The largest absolute Gasteiger partial charge is 0.327 e. The maximum atomic E-state index is 6.13. The van der Waals surface area contributed by atoms with E-state index in [-0.39, 0.29) is 6.04 Å². The molecule has 1 fully saturated rings. The van der Waals surface area contributed by atoms with Gasteiger partial charge in [0.1, 0.15) is 0 Å². The third-order valence-corrected chi connectivity index (χ3v) is 3.51. The van der Waals surface area contributed by atoms with Crippen molar-refractivity contribution >= 4 is 23.2 Å². The van der Waals surface area contributed by atoms with E-state index in [0.717, 1.165) is 28.5 Å². The quantitative estimate of drug-likeness (QED) is 0.783. The van der Waals surface area contributed by atoms with Gasteiger partial charge in [-0.3, -0.25) is 0 Å². The Hall–Kier alpha value is -0.240. The first-order chi connectivity index (χ1) is 6.68. The minimum Gasteiger partial charge on any atom is -0.327 e. The van der Waals surface area contributed by atoms with Gasteiger partial charge in [0.15, 0.2) is 0 Å². The van der Waals surface area contributed by atoms with Crippen LogP contribution in [0.3, 0.4) is 0 Å². The van der Waals surface area contributed by atoms with Gasteiger partial charge in [0.25, 0.3) is 0 Å². The van der Waals surface area contributed by atoms with Crippen LogP contribution < -0.4 is 5.73 Å². The molecule has 2 atom stereocenters. The molecule has 76 valence electrons. The fourth-order valence-corrected chi connectivity index (χ4v) is 2.61. The highest BCUT2D eigenvalue weighted by Gasteiger charge is 2.27. The molecular formula is C11H13Cl2N. The van der Waals surface area contributed by atoms with Gasteiger partial charge in [-0.25, -0.2) is 0 Å². The molecule has 3 heteroatoms. The van der Waals surface area contributed by atoms with E-state index < -0.39 is 0 Å². The monoisotopic (exact) mass is 229 g/mol. The van der Waals surface area contributed by atoms with Crippen molar-refractivity contribution in [3.8, 4) is 0 Å². The second-order valence-corrected chi connectivity index (χ2v) is 4.71. The van der Waals surface area contributed by atoms with Gasteiger partial charge in [0, 0.05) is 22.0 Å². The van der Waals surface area contributed by atoms with Crippen molar-refractivity contribution in [2.75, 3.05) is 0 Å². The fraction of sp³-hybridized carbons (Fsp3) is 0.455. The van der Waals surface area contributed by atoms with Crippen LogP contribution in [0.4, 0.5) is 0 Å². The molecule has 0 radical (unpaired) electrons. The van der Waals surface area contributed by atoms with Crippen molar-refractivity contribution in [1.29, 1.82) is 0 Å². The smallest absolute Gasteiger partial charge is 0.0442 e. The van der Waals surface area contributed by atoms with Crippen molar-refractivity contribution in [2.24, 2.45) is 5.73 Å². The molecule has 0 aliphatic heterocycles. The summed E-state index contributed by atoms with van der Waals surface area (Å²) in [6, 6.07) is 5.85. The molecule has 0 amide bonds. The highest BCUT2D eigenvalue weighted by atomic mass is 35.5.